The predicted octanol–water partition coefficient (Wildman–Crippen LogP) is 4.17. The summed E-state index contributed by atoms with van der Waals surface area (Å²) in [6, 6.07) is 16.0. The Bertz CT molecular complexity index is 586. The zero-order valence-corrected chi connectivity index (χ0v) is 12.8. The van der Waals surface area contributed by atoms with E-state index in [0.717, 1.165) is 11.4 Å². The van der Waals surface area contributed by atoms with Gasteiger partial charge >= 0.3 is 0 Å². The molecular weight excluding hydrogens is 260 g/mol. The maximum atomic E-state index is 11.9. The average molecular weight is 282 g/mol. The topological polar surface area (TPSA) is 41.1 Å². The summed E-state index contributed by atoms with van der Waals surface area (Å²) >= 11 is 0. The normalized spacial score (nSPS) is 10.5. The second-order valence-electron chi connectivity index (χ2n) is 5.54. The number of aryl methyl sites for hydroxylation is 1. The highest BCUT2D eigenvalue weighted by atomic mass is 16.1. The van der Waals surface area contributed by atoms with Crippen molar-refractivity contribution in [3.05, 3.63) is 59.7 Å². The molecule has 2 rings (SSSR count). The molecule has 110 valence electrons. The molecular formula is C18H22N2O. The van der Waals surface area contributed by atoms with E-state index in [2.05, 4.69) is 24.5 Å². The number of carbonyl (C=O) groups is 1. The minimum Gasteiger partial charge on any atom is -0.376 e. The van der Waals surface area contributed by atoms with Gasteiger partial charge in [0.25, 0.3) is 0 Å². The van der Waals surface area contributed by atoms with Crippen molar-refractivity contribution in [1.29, 1.82) is 0 Å². The van der Waals surface area contributed by atoms with E-state index in [0.29, 0.717) is 5.92 Å². The standard InChI is InChI=1S/C18H22N2O/c1-13(2)15-6-10-17(11-7-15)20-18(21)12-19-16-8-4-14(3)5-9-16/h4-11,13,19H,12H2,1-3H3,(H,20,21). The van der Waals surface area contributed by atoms with Gasteiger partial charge in [-0.05, 0) is 42.7 Å². The molecule has 3 heteroatoms. The zero-order chi connectivity index (χ0) is 15.2. The Morgan fingerprint density at radius 3 is 2.10 bits per heavy atom. The van der Waals surface area contributed by atoms with Crippen molar-refractivity contribution in [2.75, 3.05) is 17.2 Å². The molecule has 2 aromatic rings. The monoisotopic (exact) mass is 282 g/mol. The third-order valence-corrected chi connectivity index (χ3v) is 3.37. The molecule has 0 bridgehead atoms. The van der Waals surface area contributed by atoms with Crippen LogP contribution in [0.5, 0.6) is 0 Å². The molecule has 0 spiro atoms. The molecule has 3 nitrogen and oxygen atoms in total. The molecule has 2 aromatic carbocycles. The van der Waals surface area contributed by atoms with Gasteiger partial charge in [0, 0.05) is 11.4 Å². The van der Waals surface area contributed by atoms with Gasteiger partial charge < -0.3 is 10.6 Å². The Morgan fingerprint density at radius 1 is 0.952 bits per heavy atom. The molecule has 0 aliphatic rings. The van der Waals surface area contributed by atoms with E-state index in [1.165, 1.54) is 11.1 Å². The molecule has 0 fully saturated rings. The van der Waals surface area contributed by atoms with Crippen molar-refractivity contribution in [1.82, 2.24) is 0 Å². The van der Waals surface area contributed by atoms with E-state index in [1.54, 1.807) is 0 Å². The maximum absolute atomic E-state index is 11.9. The first kappa shape index (κ1) is 15.1. The third kappa shape index (κ3) is 4.63. The quantitative estimate of drug-likeness (QED) is 0.864. The summed E-state index contributed by atoms with van der Waals surface area (Å²) in [7, 11) is 0. The Balaban J connectivity index is 1.85. The largest absolute Gasteiger partial charge is 0.376 e. The fraction of sp³-hybridized carbons (Fsp3) is 0.278. The summed E-state index contributed by atoms with van der Waals surface area (Å²) in [4.78, 5) is 11.9. The number of nitrogens with one attached hydrogen (secondary N) is 2. The van der Waals surface area contributed by atoms with Crippen LogP contribution in [0.25, 0.3) is 0 Å². The van der Waals surface area contributed by atoms with Crippen LogP contribution in [0.15, 0.2) is 48.5 Å². The van der Waals surface area contributed by atoms with Crippen molar-refractivity contribution < 1.29 is 4.79 Å². The number of anilines is 2. The van der Waals surface area contributed by atoms with Crippen molar-refractivity contribution in [3.8, 4) is 0 Å². The lowest BCUT2D eigenvalue weighted by molar-refractivity contribution is -0.114. The van der Waals surface area contributed by atoms with Gasteiger partial charge in [-0.25, -0.2) is 0 Å². The van der Waals surface area contributed by atoms with Crippen LogP contribution in [-0.2, 0) is 4.79 Å². The van der Waals surface area contributed by atoms with Crippen LogP contribution in [-0.4, -0.2) is 12.5 Å². The number of rotatable bonds is 5. The summed E-state index contributed by atoms with van der Waals surface area (Å²) in [6.45, 7) is 6.60. The summed E-state index contributed by atoms with van der Waals surface area (Å²) in [5.74, 6) is 0.450. The predicted molar refractivity (Wildman–Crippen MR) is 88.8 cm³/mol. The number of carbonyl (C=O) groups excluding carboxylic acids is 1. The summed E-state index contributed by atoms with van der Waals surface area (Å²) in [5, 5.41) is 6.00. The second-order valence-corrected chi connectivity index (χ2v) is 5.54. The lowest BCUT2D eigenvalue weighted by atomic mass is 10.0. The van der Waals surface area contributed by atoms with E-state index in [9.17, 15) is 4.79 Å². The van der Waals surface area contributed by atoms with Gasteiger partial charge in [-0.2, -0.15) is 0 Å². The fourth-order valence-corrected chi connectivity index (χ4v) is 2.01. The Kier molecular flexibility index (Phi) is 4.99. The van der Waals surface area contributed by atoms with Crippen LogP contribution in [0.2, 0.25) is 0 Å². The molecule has 0 saturated heterocycles. The molecule has 21 heavy (non-hydrogen) atoms. The molecule has 0 aliphatic heterocycles. The van der Waals surface area contributed by atoms with E-state index >= 15 is 0 Å². The fourth-order valence-electron chi connectivity index (χ4n) is 2.01. The highest BCUT2D eigenvalue weighted by molar-refractivity contribution is 5.93. The van der Waals surface area contributed by atoms with Crippen LogP contribution in [0.3, 0.4) is 0 Å². The van der Waals surface area contributed by atoms with E-state index in [-0.39, 0.29) is 12.5 Å². The molecule has 0 saturated carbocycles. The van der Waals surface area contributed by atoms with Crippen LogP contribution in [0.1, 0.15) is 30.9 Å². The van der Waals surface area contributed by atoms with Crippen molar-refractivity contribution in [2.45, 2.75) is 26.7 Å². The zero-order valence-electron chi connectivity index (χ0n) is 12.8. The summed E-state index contributed by atoms with van der Waals surface area (Å²) in [5.41, 5.74) is 4.25. The molecule has 1 amide bonds. The highest BCUT2D eigenvalue weighted by Gasteiger charge is 2.03. The second kappa shape index (κ2) is 6.93. The molecule has 0 heterocycles. The Morgan fingerprint density at radius 2 is 1.52 bits per heavy atom. The van der Waals surface area contributed by atoms with Gasteiger partial charge in [0.15, 0.2) is 0 Å². The summed E-state index contributed by atoms with van der Waals surface area (Å²) in [6.07, 6.45) is 0. The summed E-state index contributed by atoms with van der Waals surface area (Å²) < 4.78 is 0. The van der Waals surface area contributed by atoms with Gasteiger partial charge in [-0.1, -0.05) is 43.7 Å². The van der Waals surface area contributed by atoms with Crippen molar-refractivity contribution in [3.63, 3.8) is 0 Å². The minimum absolute atomic E-state index is 0.0483. The van der Waals surface area contributed by atoms with Gasteiger partial charge in [0.1, 0.15) is 0 Å². The first-order valence-corrected chi connectivity index (χ1v) is 7.25. The van der Waals surface area contributed by atoms with Crippen LogP contribution in [0, 0.1) is 6.92 Å². The Labute approximate surface area is 126 Å². The minimum atomic E-state index is -0.0483. The molecule has 2 N–H and O–H groups in total. The first-order chi connectivity index (χ1) is 10.0. The molecule has 0 atom stereocenters. The van der Waals surface area contributed by atoms with Gasteiger partial charge in [-0.15, -0.1) is 0 Å². The number of amides is 1. The van der Waals surface area contributed by atoms with Crippen molar-refractivity contribution >= 4 is 17.3 Å². The average Bonchev–Trinajstić information content (AvgIpc) is 2.47. The smallest absolute Gasteiger partial charge is 0.243 e. The molecule has 0 aromatic heterocycles. The lowest BCUT2D eigenvalue weighted by Gasteiger charge is -2.10. The van der Waals surface area contributed by atoms with Crippen LogP contribution >= 0.6 is 0 Å². The first-order valence-electron chi connectivity index (χ1n) is 7.25. The molecule has 0 unspecified atom stereocenters. The van der Waals surface area contributed by atoms with Crippen LogP contribution in [0.4, 0.5) is 11.4 Å². The maximum Gasteiger partial charge on any atom is 0.243 e. The van der Waals surface area contributed by atoms with E-state index < -0.39 is 0 Å². The van der Waals surface area contributed by atoms with Crippen LogP contribution < -0.4 is 10.6 Å². The number of benzene rings is 2. The number of hydrogen-bond donors (Lipinski definition) is 2. The Hall–Kier alpha value is -2.29. The highest BCUT2D eigenvalue weighted by Crippen LogP contribution is 2.17. The third-order valence-electron chi connectivity index (χ3n) is 3.37. The van der Waals surface area contributed by atoms with E-state index in [1.807, 2.05) is 55.5 Å². The molecule has 0 radical (unpaired) electrons. The molecule has 0 aliphatic carbocycles. The SMILES string of the molecule is Cc1ccc(NCC(=O)Nc2ccc(C(C)C)cc2)cc1. The van der Waals surface area contributed by atoms with Gasteiger partial charge in [0.2, 0.25) is 5.91 Å². The van der Waals surface area contributed by atoms with E-state index in [4.69, 9.17) is 0 Å². The van der Waals surface area contributed by atoms with Gasteiger partial charge in [-0.3, -0.25) is 4.79 Å². The lowest BCUT2D eigenvalue weighted by Crippen LogP contribution is -2.21. The number of hydrogen-bond acceptors (Lipinski definition) is 2. The van der Waals surface area contributed by atoms with Gasteiger partial charge in [0.05, 0.1) is 6.54 Å². The van der Waals surface area contributed by atoms with Crippen molar-refractivity contribution in [2.24, 2.45) is 0 Å².